The molecular weight excluding hydrogens is 502 g/mol. The molecule has 1 N–H and O–H groups in total. The van der Waals surface area contributed by atoms with Crippen LogP contribution in [0, 0.1) is 5.92 Å². The number of amides is 2. The smallest absolute Gasteiger partial charge is 0.305 e. The van der Waals surface area contributed by atoms with Gasteiger partial charge in [0, 0.05) is 49.0 Å². The molecule has 1 saturated heterocycles. The molecule has 0 radical (unpaired) electrons. The number of benzene rings is 3. The average molecular weight is 540 g/mol. The monoisotopic (exact) mass is 539 g/mol. The number of nitrogens with one attached hydrogen (secondary N) is 1. The van der Waals surface area contributed by atoms with Gasteiger partial charge in [0.25, 0.3) is 0 Å². The Morgan fingerprint density at radius 2 is 1.52 bits per heavy atom. The number of likely N-dealkylation sites (tertiary alicyclic amines) is 1. The predicted molar refractivity (Wildman–Crippen MR) is 156 cm³/mol. The first-order chi connectivity index (χ1) is 19.5. The van der Waals surface area contributed by atoms with Crippen LogP contribution in [-0.2, 0) is 32.0 Å². The number of fused-ring (bicyclic) bond motifs is 1. The van der Waals surface area contributed by atoms with Crippen LogP contribution in [0.3, 0.4) is 0 Å². The Bertz CT molecular complexity index is 1300. The second-order valence-corrected chi connectivity index (χ2v) is 10.6. The van der Waals surface area contributed by atoms with Gasteiger partial charge in [-0.2, -0.15) is 0 Å². The van der Waals surface area contributed by atoms with Crippen molar-refractivity contribution < 1.29 is 19.1 Å². The summed E-state index contributed by atoms with van der Waals surface area (Å²) in [4.78, 5) is 41.8. The van der Waals surface area contributed by atoms with Gasteiger partial charge in [0.15, 0.2) is 0 Å². The van der Waals surface area contributed by atoms with Gasteiger partial charge in [-0.15, -0.1) is 0 Å². The van der Waals surface area contributed by atoms with Gasteiger partial charge in [-0.25, -0.2) is 0 Å². The Balaban J connectivity index is 1.18. The highest BCUT2D eigenvalue weighted by Crippen LogP contribution is 2.31. The summed E-state index contributed by atoms with van der Waals surface area (Å²) in [6.45, 7) is 3.44. The van der Waals surface area contributed by atoms with E-state index in [1.165, 1.54) is 11.1 Å². The summed E-state index contributed by atoms with van der Waals surface area (Å²) in [6, 6.07) is 26.4. The molecule has 1 aliphatic carbocycles. The molecule has 7 heteroatoms. The number of nitrogens with zero attached hydrogens (tertiary/aromatic N) is 2. The number of esters is 1. The quantitative estimate of drug-likeness (QED) is 0.257. The largest absolute Gasteiger partial charge is 0.466 e. The zero-order valence-corrected chi connectivity index (χ0v) is 23.1. The van der Waals surface area contributed by atoms with Crippen LogP contribution in [0.25, 0.3) is 0 Å². The molecule has 1 aliphatic heterocycles. The Morgan fingerprint density at radius 1 is 0.875 bits per heavy atom. The van der Waals surface area contributed by atoms with Crippen LogP contribution in [0.15, 0.2) is 78.9 Å². The third-order valence-electron chi connectivity index (χ3n) is 7.83. The number of anilines is 3. The maximum absolute atomic E-state index is 13.1. The van der Waals surface area contributed by atoms with Gasteiger partial charge in [-0.05, 0) is 80.1 Å². The van der Waals surface area contributed by atoms with E-state index < -0.39 is 0 Å². The summed E-state index contributed by atoms with van der Waals surface area (Å²) in [5.41, 5.74) is 5.38. The van der Waals surface area contributed by atoms with Crippen LogP contribution >= 0.6 is 0 Å². The van der Waals surface area contributed by atoms with Gasteiger partial charge in [0.1, 0.15) is 0 Å². The van der Waals surface area contributed by atoms with Crippen LogP contribution in [0.5, 0.6) is 0 Å². The number of para-hydroxylation sites is 1. The highest BCUT2D eigenvalue weighted by Gasteiger charge is 2.39. The zero-order chi connectivity index (χ0) is 27.9. The lowest BCUT2D eigenvalue weighted by Gasteiger charge is -2.25. The third kappa shape index (κ3) is 6.53. The van der Waals surface area contributed by atoms with Gasteiger partial charge in [-0.1, -0.05) is 42.5 Å². The van der Waals surface area contributed by atoms with Crippen molar-refractivity contribution in [3.05, 3.63) is 90.0 Å². The van der Waals surface area contributed by atoms with Crippen LogP contribution < -0.4 is 10.2 Å². The van der Waals surface area contributed by atoms with Crippen LogP contribution in [0.2, 0.25) is 0 Å². The summed E-state index contributed by atoms with van der Waals surface area (Å²) >= 11 is 0. The fourth-order valence-corrected chi connectivity index (χ4v) is 5.77. The lowest BCUT2D eigenvalue weighted by Crippen LogP contribution is -2.38. The van der Waals surface area contributed by atoms with E-state index in [0.29, 0.717) is 25.3 Å². The minimum Gasteiger partial charge on any atom is -0.466 e. The summed E-state index contributed by atoms with van der Waals surface area (Å²) < 4.78 is 5.04. The molecule has 3 aromatic carbocycles. The highest BCUT2D eigenvalue weighted by atomic mass is 16.5. The van der Waals surface area contributed by atoms with Gasteiger partial charge in [0.05, 0.1) is 12.5 Å². The molecule has 0 spiro atoms. The van der Waals surface area contributed by atoms with E-state index in [-0.39, 0.29) is 36.2 Å². The third-order valence-corrected chi connectivity index (χ3v) is 7.83. The maximum Gasteiger partial charge on any atom is 0.305 e. The molecule has 1 atom stereocenters. The Hall–Kier alpha value is -4.13. The van der Waals surface area contributed by atoms with E-state index in [4.69, 9.17) is 4.74 Å². The van der Waals surface area contributed by atoms with Crippen molar-refractivity contribution in [3.63, 3.8) is 0 Å². The number of hydrogen-bond donors (Lipinski definition) is 1. The number of ether oxygens (including phenoxy) is 1. The lowest BCUT2D eigenvalue weighted by atomic mass is 10.1. The minimum absolute atomic E-state index is 0.0646. The summed E-state index contributed by atoms with van der Waals surface area (Å²) in [7, 11) is 0. The number of carbonyl (C=O) groups is 3. The van der Waals surface area contributed by atoms with Gasteiger partial charge in [-0.3, -0.25) is 14.4 Å². The van der Waals surface area contributed by atoms with Gasteiger partial charge in [0.2, 0.25) is 11.8 Å². The molecule has 1 heterocycles. The van der Waals surface area contributed by atoms with E-state index >= 15 is 0 Å². The van der Waals surface area contributed by atoms with E-state index in [1.807, 2.05) is 66.4 Å². The molecule has 3 aromatic rings. The van der Waals surface area contributed by atoms with Crippen molar-refractivity contribution in [1.82, 2.24) is 4.90 Å². The molecule has 2 aliphatic rings. The number of carbonyl (C=O) groups excluding carboxylic acids is 3. The van der Waals surface area contributed by atoms with E-state index in [0.717, 1.165) is 43.6 Å². The zero-order valence-electron chi connectivity index (χ0n) is 23.1. The van der Waals surface area contributed by atoms with E-state index in [9.17, 15) is 14.4 Å². The molecule has 1 unspecified atom stereocenters. The normalized spacial score (nSPS) is 16.6. The van der Waals surface area contributed by atoms with E-state index in [2.05, 4.69) is 34.5 Å². The standard InChI is InChI=1S/C33H37N3O4/c1-2-40-32(38)14-8-9-19-35(28-12-4-3-5-13-28)29-17-15-27(16-18-29)34-33(39)26-22-31(37)36(23-26)30-20-24-10-6-7-11-25(24)21-30/h3-7,10-13,15-18,26,30H,2,8-9,14,19-23H2,1H3,(H,34,39). The number of rotatable bonds is 11. The summed E-state index contributed by atoms with van der Waals surface area (Å²) in [5.74, 6) is -0.557. The highest BCUT2D eigenvalue weighted by molar-refractivity contribution is 5.97. The number of unbranched alkanes of at least 4 members (excludes halogenated alkanes) is 1. The molecule has 1 fully saturated rings. The van der Waals surface area contributed by atoms with Crippen molar-refractivity contribution in [1.29, 1.82) is 0 Å². The lowest BCUT2D eigenvalue weighted by molar-refractivity contribution is -0.143. The van der Waals surface area contributed by atoms with Crippen molar-refractivity contribution in [2.45, 2.75) is 51.5 Å². The Kier molecular flexibility index (Phi) is 8.79. The minimum atomic E-state index is -0.351. The Morgan fingerprint density at radius 3 is 2.20 bits per heavy atom. The second kappa shape index (κ2) is 12.8. The van der Waals surface area contributed by atoms with Gasteiger partial charge < -0.3 is 19.9 Å². The average Bonchev–Trinajstić information content (AvgIpc) is 3.58. The summed E-state index contributed by atoms with van der Waals surface area (Å²) in [6.07, 6.45) is 3.97. The van der Waals surface area contributed by atoms with Crippen molar-refractivity contribution in [2.75, 3.05) is 29.9 Å². The molecule has 0 saturated carbocycles. The van der Waals surface area contributed by atoms with E-state index in [1.54, 1.807) is 0 Å². The molecule has 0 aromatic heterocycles. The molecule has 2 amide bonds. The SMILES string of the molecule is CCOC(=O)CCCCN(c1ccccc1)c1ccc(NC(=O)C2CC(=O)N(C3Cc4ccccc4C3)C2)cc1. The summed E-state index contributed by atoms with van der Waals surface area (Å²) in [5, 5.41) is 3.03. The molecule has 5 rings (SSSR count). The fourth-order valence-electron chi connectivity index (χ4n) is 5.77. The fraction of sp³-hybridized carbons (Fsp3) is 0.364. The number of hydrogen-bond acceptors (Lipinski definition) is 5. The molecule has 0 bridgehead atoms. The molecule has 7 nitrogen and oxygen atoms in total. The first-order valence-electron chi connectivity index (χ1n) is 14.3. The van der Waals surface area contributed by atoms with Crippen LogP contribution in [0.4, 0.5) is 17.1 Å². The van der Waals surface area contributed by atoms with Crippen LogP contribution in [0.1, 0.15) is 43.7 Å². The Labute approximate surface area is 236 Å². The topological polar surface area (TPSA) is 79.0 Å². The first-order valence-corrected chi connectivity index (χ1v) is 14.3. The predicted octanol–water partition coefficient (Wildman–Crippen LogP) is 5.51. The first kappa shape index (κ1) is 27.4. The van der Waals surface area contributed by atoms with Crippen LogP contribution in [-0.4, -0.2) is 48.4 Å². The van der Waals surface area contributed by atoms with Crippen molar-refractivity contribution >= 4 is 34.8 Å². The molecular formula is C33H37N3O4. The van der Waals surface area contributed by atoms with Gasteiger partial charge >= 0.3 is 5.97 Å². The van der Waals surface area contributed by atoms with Crippen molar-refractivity contribution in [2.24, 2.45) is 5.92 Å². The van der Waals surface area contributed by atoms with Crippen molar-refractivity contribution in [3.8, 4) is 0 Å². The maximum atomic E-state index is 13.1. The molecule has 208 valence electrons. The second-order valence-electron chi connectivity index (χ2n) is 10.6. The molecule has 40 heavy (non-hydrogen) atoms.